The maximum absolute atomic E-state index is 11.9. The first-order valence-corrected chi connectivity index (χ1v) is 6.25. The molecule has 3 nitrogen and oxygen atoms in total. The molecule has 0 saturated carbocycles. The molecule has 1 atom stereocenters. The molecule has 0 bridgehead atoms. The van der Waals surface area contributed by atoms with Gasteiger partial charge in [0.2, 0.25) is 5.91 Å². The summed E-state index contributed by atoms with van der Waals surface area (Å²) < 4.78 is 0. The standard InChI is InChI=1S/C14H12N2OS/c1-2-10-5-3-6-11(9-10)16-14(17)13(15)12-7-4-8-18-12/h1,3-9,13H,15H2,(H,16,17). The molecule has 18 heavy (non-hydrogen) atoms. The van der Waals surface area contributed by atoms with Crippen molar-refractivity contribution in [3.63, 3.8) is 0 Å². The van der Waals surface area contributed by atoms with Gasteiger partial charge in [0.25, 0.3) is 0 Å². The summed E-state index contributed by atoms with van der Waals surface area (Å²) >= 11 is 1.46. The minimum Gasteiger partial charge on any atom is -0.324 e. The topological polar surface area (TPSA) is 55.1 Å². The second kappa shape index (κ2) is 5.50. The highest BCUT2D eigenvalue weighted by atomic mass is 32.1. The summed E-state index contributed by atoms with van der Waals surface area (Å²) in [5, 5.41) is 4.64. The molecule has 1 heterocycles. The van der Waals surface area contributed by atoms with E-state index >= 15 is 0 Å². The molecule has 90 valence electrons. The van der Waals surface area contributed by atoms with Gasteiger partial charge in [-0.2, -0.15) is 0 Å². The minimum atomic E-state index is -0.653. The van der Waals surface area contributed by atoms with Gasteiger partial charge in [-0.05, 0) is 29.6 Å². The largest absolute Gasteiger partial charge is 0.324 e. The Bertz CT molecular complexity index is 584. The summed E-state index contributed by atoms with van der Waals surface area (Å²) in [5.41, 5.74) is 7.23. The zero-order valence-corrected chi connectivity index (χ0v) is 10.4. The Morgan fingerprint density at radius 1 is 1.39 bits per heavy atom. The number of carbonyl (C=O) groups excluding carboxylic acids is 1. The number of rotatable bonds is 3. The Kier molecular flexibility index (Phi) is 3.78. The molecule has 0 fully saturated rings. The SMILES string of the molecule is C#Cc1cccc(NC(=O)C(N)c2cccs2)c1. The summed E-state index contributed by atoms with van der Waals surface area (Å²) in [7, 11) is 0. The van der Waals surface area contributed by atoms with E-state index in [0.717, 1.165) is 10.4 Å². The Hall–Kier alpha value is -2.09. The average molecular weight is 256 g/mol. The van der Waals surface area contributed by atoms with Crippen LogP contribution in [0.5, 0.6) is 0 Å². The fourth-order valence-electron chi connectivity index (χ4n) is 1.50. The van der Waals surface area contributed by atoms with Crippen molar-refractivity contribution in [1.82, 2.24) is 0 Å². The lowest BCUT2D eigenvalue weighted by molar-refractivity contribution is -0.117. The second-order valence-electron chi connectivity index (χ2n) is 3.71. The van der Waals surface area contributed by atoms with Gasteiger partial charge in [0, 0.05) is 16.1 Å². The summed E-state index contributed by atoms with van der Waals surface area (Å²) in [6.45, 7) is 0. The van der Waals surface area contributed by atoms with Gasteiger partial charge in [0.1, 0.15) is 6.04 Å². The van der Waals surface area contributed by atoms with Gasteiger partial charge < -0.3 is 11.1 Å². The van der Waals surface area contributed by atoms with Crippen molar-refractivity contribution in [1.29, 1.82) is 0 Å². The van der Waals surface area contributed by atoms with Crippen LogP contribution in [0.15, 0.2) is 41.8 Å². The van der Waals surface area contributed by atoms with Crippen LogP contribution in [-0.4, -0.2) is 5.91 Å². The summed E-state index contributed by atoms with van der Waals surface area (Å²) in [6, 6.07) is 10.2. The van der Waals surface area contributed by atoms with E-state index < -0.39 is 6.04 Å². The number of anilines is 1. The number of terminal acetylenes is 1. The second-order valence-corrected chi connectivity index (χ2v) is 4.69. The van der Waals surface area contributed by atoms with Gasteiger partial charge in [0.05, 0.1) is 0 Å². The van der Waals surface area contributed by atoms with Crippen LogP contribution in [-0.2, 0) is 4.79 Å². The third-order valence-corrected chi connectivity index (χ3v) is 3.38. The fourth-order valence-corrected chi connectivity index (χ4v) is 2.23. The van der Waals surface area contributed by atoms with E-state index in [1.54, 1.807) is 24.3 Å². The molecule has 1 unspecified atom stereocenters. The van der Waals surface area contributed by atoms with Crippen LogP contribution in [0.4, 0.5) is 5.69 Å². The van der Waals surface area contributed by atoms with E-state index in [1.807, 2.05) is 17.5 Å². The van der Waals surface area contributed by atoms with E-state index in [-0.39, 0.29) is 5.91 Å². The quantitative estimate of drug-likeness (QED) is 0.828. The first kappa shape index (κ1) is 12.4. The molecule has 1 amide bonds. The number of nitrogens with two attached hydrogens (primary N) is 1. The molecule has 0 aliphatic rings. The van der Waals surface area contributed by atoms with Crippen molar-refractivity contribution in [3.8, 4) is 12.3 Å². The molecule has 0 radical (unpaired) electrons. The van der Waals surface area contributed by atoms with E-state index in [9.17, 15) is 4.79 Å². The van der Waals surface area contributed by atoms with E-state index in [4.69, 9.17) is 12.2 Å². The highest BCUT2D eigenvalue weighted by Crippen LogP contribution is 2.19. The lowest BCUT2D eigenvalue weighted by atomic mass is 10.2. The summed E-state index contributed by atoms with van der Waals surface area (Å²) in [4.78, 5) is 12.8. The zero-order chi connectivity index (χ0) is 13.0. The van der Waals surface area contributed by atoms with Crippen LogP contribution >= 0.6 is 11.3 Å². The van der Waals surface area contributed by atoms with Crippen molar-refractivity contribution in [2.24, 2.45) is 5.73 Å². The van der Waals surface area contributed by atoms with Gasteiger partial charge in [-0.3, -0.25) is 4.79 Å². The third-order valence-electron chi connectivity index (χ3n) is 2.43. The van der Waals surface area contributed by atoms with E-state index in [0.29, 0.717) is 5.69 Å². The average Bonchev–Trinajstić information content (AvgIpc) is 2.92. The minimum absolute atomic E-state index is 0.244. The number of hydrogen-bond donors (Lipinski definition) is 2. The Labute approximate surface area is 110 Å². The molecular weight excluding hydrogens is 244 g/mol. The Balaban J connectivity index is 2.09. The number of benzene rings is 1. The van der Waals surface area contributed by atoms with Crippen LogP contribution in [0, 0.1) is 12.3 Å². The lowest BCUT2D eigenvalue weighted by Gasteiger charge is -2.10. The maximum atomic E-state index is 11.9. The van der Waals surface area contributed by atoms with Crippen LogP contribution in [0.1, 0.15) is 16.5 Å². The molecule has 1 aromatic carbocycles. The molecule has 0 spiro atoms. The molecule has 2 rings (SSSR count). The predicted molar refractivity (Wildman–Crippen MR) is 74.3 cm³/mol. The molecule has 0 aliphatic carbocycles. The number of carbonyl (C=O) groups is 1. The van der Waals surface area contributed by atoms with Gasteiger partial charge in [-0.25, -0.2) is 0 Å². The summed E-state index contributed by atoms with van der Waals surface area (Å²) in [5.74, 6) is 2.27. The van der Waals surface area contributed by atoms with Gasteiger partial charge in [0.15, 0.2) is 0 Å². The number of thiophene rings is 1. The highest BCUT2D eigenvalue weighted by Gasteiger charge is 2.16. The van der Waals surface area contributed by atoms with Gasteiger partial charge in [-0.15, -0.1) is 17.8 Å². The van der Waals surface area contributed by atoms with Crippen LogP contribution in [0.25, 0.3) is 0 Å². The van der Waals surface area contributed by atoms with Gasteiger partial charge >= 0.3 is 0 Å². The molecule has 4 heteroatoms. The molecule has 1 aromatic heterocycles. The van der Waals surface area contributed by atoms with Crippen LogP contribution in [0.3, 0.4) is 0 Å². The number of nitrogens with one attached hydrogen (secondary N) is 1. The molecule has 3 N–H and O–H groups in total. The predicted octanol–water partition coefficient (Wildman–Crippen LogP) is 2.37. The van der Waals surface area contributed by atoms with Crippen molar-refractivity contribution in [2.45, 2.75) is 6.04 Å². The van der Waals surface area contributed by atoms with Crippen molar-refractivity contribution < 1.29 is 4.79 Å². The third kappa shape index (κ3) is 2.77. The molecule has 0 saturated heterocycles. The smallest absolute Gasteiger partial charge is 0.246 e. The maximum Gasteiger partial charge on any atom is 0.246 e. The van der Waals surface area contributed by atoms with Crippen LogP contribution < -0.4 is 11.1 Å². The first-order chi connectivity index (χ1) is 8.70. The van der Waals surface area contributed by atoms with Crippen molar-refractivity contribution >= 4 is 22.9 Å². The van der Waals surface area contributed by atoms with Crippen molar-refractivity contribution in [2.75, 3.05) is 5.32 Å². The molecular formula is C14H12N2OS. The fraction of sp³-hybridized carbons (Fsp3) is 0.0714. The Morgan fingerprint density at radius 2 is 2.22 bits per heavy atom. The highest BCUT2D eigenvalue weighted by molar-refractivity contribution is 7.10. The van der Waals surface area contributed by atoms with E-state index in [1.165, 1.54) is 11.3 Å². The normalized spacial score (nSPS) is 11.6. The Morgan fingerprint density at radius 3 is 2.89 bits per heavy atom. The molecule has 2 aromatic rings. The van der Waals surface area contributed by atoms with E-state index in [2.05, 4.69) is 11.2 Å². The monoisotopic (exact) mass is 256 g/mol. The lowest BCUT2D eigenvalue weighted by Crippen LogP contribution is -2.26. The number of hydrogen-bond acceptors (Lipinski definition) is 3. The van der Waals surface area contributed by atoms with Crippen molar-refractivity contribution in [3.05, 3.63) is 52.2 Å². The molecule has 0 aliphatic heterocycles. The first-order valence-electron chi connectivity index (χ1n) is 5.37. The zero-order valence-electron chi connectivity index (χ0n) is 9.59. The summed E-state index contributed by atoms with van der Waals surface area (Å²) in [6.07, 6.45) is 5.30. The van der Waals surface area contributed by atoms with Crippen LogP contribution in [0.2, 0.25) is 0 Å². The van der Waals surface area contributed by atoms with Gasteiger partial charge in [-0.1, -0.05) is 18.1 Å². The number of amides is 1.